The van der Waals surface area contributed by atoms with E-state index in [0.29, 0.717) is 6.42 Å². The zero-order valence-corrected chi connectivity index (χ0v) is 11.8. The predicted molar refractivity (Wildman–Crippen MR) is 70.4 cm³/mol. The van der Waals surface area contributed by atoms with Crippen molar-refractivity contribution < 1.29 is 14.3 Å². The monoisotopic (exact) mass is 255 g/mol. The molecule has 2 atom stereocenters. The molecule has 1 fully saturated rings. The van der Waals surface area contributed by atoms with Crippen molar-refractivity contribution in [3.05, 3.63) is 0 Å². The van der Waals surface area contributed by atoms with E-state index in [1.807, 2.05) is 0 Å². The average Bonchev–Trinajstić information content (AvgIpc) is 3.12. The zero-order chi connectivity index (χ0) is 13.5. The van der Waals surface area contributed by atoms with Gasteiger partial charge in [0, 0.05) is 20.5 Å². The first-order valence-electron chi connectivity index (χ1n) is 6.97. The normalized spacial score (nSPS) is 21.7. The molecular formula is C14H25NO3. The second kappa shape index (κ2) is 7.52. The summed E-state index contributed by atoms with van der Waals surface area (Å²) in [6, 6.07) is 0. The predicted octanol–water partition coefficient (Wildman–Crippen LogP) is 2.16. The van der Waals surface area contributed by atoms with Crippen molar-refractivity contribution in [2.45, 2.75) is 64.1 Å². The van der Waals surface area contributed by atoms with E-state index in [4.69, 9.17) is 4.74 Å². The number of amides is 1. The van der Waals surface area contributed by atoms with E-state index in [2.05, 4.69) is 6.92 Å². The molecule has 0 bridgehead atoms. The highest BCUT2D eigenvalue weighted by Gasteiger charge is 2.49. The SMILES string of the molecule is CCCCCCCCC(=O)C1OC1C(=O)N(C)C. The highest BCUT2D eigenvalue weighted by molar-refractivity contribution is 5.95. The molecular weight excluding hydrogens is 230 g/mol. The van der Waals surface area contributed by atoms with Crippen molar-refractivity contribution in [3.63, 3.8) is 0 Å². The molecule has 1 aliphatic heterocycles. The molecule has 4 heteroatoms. The highest BCUT2D eigenvalue weighted by Crippen LogP contribution is 2.26. The number of rotatable bonds is 9. The second-order valence-corrected chi connectivity index (χ2v) is 5.19. The summed E-state index contributed by atoms with van der Waals surface area (Å²) < 4.78 is 5.16. The number of ether oxygens (including phenoxy) is 1. The van der Waals surface area contributed by atoms with Gasteiger partial charge in [0.1, 0.15) is 0 Å². The van der Waals surface area contributed by atoms with Crippen LogP contribution in [0.4, 0.5) is 0 Å². The standard InChI is InChI=1S/C14H25NO3/c1-4-5-6-7-8-9-10-11(16)12-13(18-12)14(17)15(2)3/h12-13H,4-10H2,1-3H3. The molecule has 0 saturated carbocycles. The molecule has 0 aliphatic carbocycles. The molecule has 1 aliphatic rings. The van der Waals surface area contributed by atoms with Crippen LogP contribution in [0.2, 0.25) is 0 Å². The third-order valence-corrected chi connectivity index (χ3v) is 3.27. The van der Waals surface area contributed by atoms with Crippen LogP contribution in [0, 0.1) is 0 Å². The first kappa shape index (κ1) is 15.2. The van der Waals surface area contributed by atoms with E-state index >= 15 is 0 Å². The van der Waals surface area contributed by atoms with Gasteiger partial charge in [0.05, 0.1) is 0 Å². The Hall–Kier alpha value is -0.900. The lowest BCUT2D eigenvalue weighted by Crippen LogP contribution is -2.29. The number of Topliss-reactive ketones (excluding diaryl/α,β-unsaturated/α-hetero) is 1. The van der Waals surface area contributed by atoms with Crippen LogP contribution in [0.25, 0.3) is 0 Å². The second-order valence-electron chi connectivity index (χ2n) is 5.19. The molecule has 0 N–H and O–H groups in total. The Morgan fingerprint density at radius 2 is 1.61 bits per heavy atom. The number of ketones is 1. The molecule has 104 valence electrons. The number of carbonyl (C=O) groups is 2. The van der Waals surface area contributed by atoms with Gasteiger partial charge < -0.3 is 9.64 Å². The zero-order valence-electron chi connectivity index (χ0n) is 11.8. The summed E-state index contributed by atoms with van der Waals surface area (Å²) in [5.41, 5.74) is 0. The molecule has 0 spiro atoms. The van der Waals surface area contributed by atoms with Gasteiger partial charge in [-0.25, -0.2) is 0 Å². The van der Waals surface area contributed by atoms with Crippen molar-refractivity contribution in [2.24, 2.45) is 0 Å². The van der Waals surface area contributed by atoms with E-state index in [0.717, 1.165) is 12.8 Å². The number of likely N-dealkylation sites (N-methyl/N-ethyl adjacent to an activating group) is 1. The van der Waals surface area contributed by atoms with Crippen LogP contribution in [0.3, 0.4) is 0 Å². The summed E-state index contributed by atoms with van der Waals surface area (Å²) in [5, 5.41) is 0. The third kappa shape index (κ3) is 4.77. The maximum atomic E-state index is 11.7. The van der Waals surface area contributed by atoms with Gasteiger partial charge >= 0.3 is 0 Å². The molecule has 18 heavy (non-hydrogen) atoms. The number of nitrogens with zero attached hydrogens (tertiary/aromatic N) is 1. The fourth-order valence-corrected chi connectivity index (χ4v) is 2.02. The fraction of sp³-hybridized carbons (Fsp3) is 0.857. The molecule has 1 amide bonds. The van der Waals surface area contributed by atoms with Crippen molar-refractivity contribution in [1.82, 2.24) is 4.90 Å². The summed E-state index contributed by atoms with van der Waals surface area (Å²) in [6.45, 7) is 2.19. The van der Waals surface area contributed by atoms with E-state index in [1.54, 1.807) is 14.1 Å². The van der Waals surface area contributed by atoms with E-state index in [9.17, 15) is 9.59 Å². The minimum Gasteiger partial charge on any atom is -0.351 e. The van der Waals surface area contributed by atoms with Gasteiger partial charge in [-0.15, -0.1) is 0 Å². The van der Waals surface area contributed by atoms with Crippen LogP contribution in [0.1, 0.15) is 51.9 Å². The minimum atomic E-state index is -0.507. The fourth-order valence-electron chi connectivity index (χ4n) is 2.02. The highest BCUT2D eigenvalue weighted by atomic mass is 16.6. The Bertz CT molecular complexity index is 289. The maximum Gasteiger partial charge on any atom is 0.254 e. The third-order valence-electron chi connectivity index (χ3n) is 3.27. The summed E-state index contributed by atoms with van der Waals surface area (Å²) in [5.74, 6) is -0.0120. The van der Waals surface area contributed by atoms with E-state index in [1.165, 1.54) is 30.6 Å². The lowest BCUT2D eigenvalue weighted by atomic mass is 10.1. The molecule has 0 aromatic carbocycles. The number of hydrogen-bond donors (Lipinski definition) is 0. The molecule has 1 saturated heterocycles. The lowest BCUT2D eigenvalue weighted by molar-refractivity contribution is -0.130. The van der Waals surface area contributed by atoms with Gasteiger partial charge in [-0.3, -0.25) is 9.59 Å². The Morgan fingerprint density at radius 3 is 2.22 bits per heavy atom. The Balaban J connectivity index is 2.07. The van der Waals surface area contributed by atoms with Gasteiger partial charge in [0.2, 0.25) is 0 Å². The van der Waals surface area contributed by atoms with Crippen molar-refractivity contribution >= 4 is 11.7 Å². The topological polar surface area (TPSA) is 49.9 Å². The molecule has 2 unspecified atom stereocenters. The van der Waals surface area contributed by atoms with Gasteiger partial charge in [0.25, 0.3) is 5.91 Å². The van der Waals surface area contributed by atoms with Gasteiger partial charge in [-0.1, -0.05) is 39.0 Å². The number of epoxide rings is 1. The van der Waals surface area contributed by atoms with Crippen molar-refractivity contribution in [2.75, 3.05) is 14.1 Å². The van der Waals surface area contributed by atoms with Crippen LogP contribution in [-0.2, 0) is 14.3 Å². The van der Waals surface area contributed by atoms with Crippen LogP contribution >= 0.6 is 0 Å². The van der Waals surface area contributed by atoms with Gasteiger partial charge in [-0.05, 0) is 6.42 Å². The summed E-state index contributed by atoms with van der Waals surface area (Å²) in [7, 11) is 3.36. The molecule has 1 heterocycles. The maximum absolute atomic E-state index is 11.7. The first-order valence-corrected chi connectivity index (χ1v) is 6.97. The quantitative estimate of drug-likeness (QED) is 0.468. The van der Waals surface area contributed by atoms with Crippen molar-refractivity contribution in [3.8, 4) is 0 Å². The largest absolute Gasteiger partial charge is 0.351 e. The smallest absolute Gasteiger partial charge is 0.254 e. The average molecular weight is 255 g/mol. The van der Waals surface area contributed by atoms with Crippen LogP contribution in [0.15, 0.2) is 0 Å². The van der Waals surface area contributed by atoms with Gasteiger partial charge in [-0.2, -0.15) is 0 Å². The molecule has 1 rings (SSSR count). The minimum absolute atomic E-state index is 0.0886. The molecule has 0 aromatic rings. The summed E-state index contributed by atoms with van der Waals surface area (Å²) in [6.07, 6.45) is 6.58. The summed E-state index contributed by atoms with van der Waals surface area (Å²) >= 11 is 0. The Labute approximate surface area is 110 Å². The summed E-state index contributed by atoms with van der Waals surface area (Å²) in [4.78, 5) is 24.7. The van der Waals surface area contributed by atoms with E-state index < -0.39 is 12.2 Å². The van der Waals surface area contributed by atoms with Gasteiger partial charge in [0.15, 0.2) is 18.0 Å². The molecule has 0 radical (unpaired) electrons. The van der Waals surface area contributed by atoms with Crippen LogP contribution in [-0.4, -0.2) is 42.9 Å². The molecule has 0 aromatic heterocycles. The Kier molecular flexibility index (Phi) is 6.33. The van der Waals surface area contributed by atoms with Crippen molar-refractivity contribution in [1.29, 1.82) is 0 Å². The number of hydrogen-bond acceptors (Lipinski definition) is 3. The first-order chi connectivity index (χ1) is 8.57. The van der Waals surface area contributed by atoms with E-state index in [-0.39, 0.29) is 11.7 Å². The number of carbonyl (C=O) groups excluding carboxylic acids is 2. The lowest BCUT2D eigenvalue weighted by Gasteiger charge is -2.06. The van der Waals surface area contributed by atoms with Crippen LogP contribution < -0.4 is 0 Å². The number of unbranched alkanes of at least 4 members (excludes halogenated alkanes) is 5. The Morgan fingerprint density at radius 1 is 1.00 bits per heavy atom. The molecule has 4 nitrogen and oxygen atoms in total. The van der Waals surface area contributed by atoms with Crippen LogP contribution in [0.5, 0.6) is 0 Å².